The molecule has 0 radical (unpaired) electrons. The van der Waals surface area contributed by atoms with Crippen molar-refractivity contribution in [3.05, 3.63) is 29.8 Å². The summed E-state index contributed by atoms with van der Waals surface area (Å²) in [6.07, 6.45) is 1.05. The van der Waals surface area contributed by atoms with E-state index in [0.29, 0.717) is 5.92 Å². The topological polar surface area (TPSA) is 38.5 Å². The fraction of sp³-hybridized carbons (Fsp3) is 0.571. The quantitative estimate of drug-likeness (QED) is 0.844. The van der Waals surface area contributed by atoms with Crippen LogP contribution in [0.4, 0.5) is 0 Å². The number of para-hydroxylation sites is 1. The summed E-state index contributed by atoms with van der Waals surface area (Å²) in [4.78, 5) is 2.35. The van der Waals surface area contributed by atoms with E-state index in [1.54, 1.807) is 0 Å². The Balaban J connectivity index is 1.88. The van der Waals surface area contributed by atoms with Crippen molar-refractivity contribution in [3.63, 3.8) is 0 Å². The van der Waals surface area contributed by atoms with E-state index in [4.69, 9.17) is 10.5 Å². The first-order valence-electron chi connectivity index (χ1n) is 6.32. The van der Waals surface area contributed by atoms with Gasteiger partial charge >= 0.3 is 0 Å². The Kier molecular flexibility index (Phi) is 4.02. The molecule has 1 aromatic carbocycles. The zero-order valence-electron chi connectivity index (χ0n) is 10.7. The average molecular weight is 234 g/mol. The van der Waals surface area contributed by atoms with Gasteiger partial charge in [-0.15, -0.1) is 0 Å². The molecule has 2 unspecified atom stereocenters. The maximum Gasteiger partial charge on any atom is 0.122 e. The molecule has 0 amide bonds. The minimum atomic E-state index is 0.282. The molecule has 0 aliphatic carbocycles. The molecule has 17 heavy (non-hydrogen) atoms. The smallest absolute Gasteiger partial charge is 0.122 e. The predicted molar refractivity (Wildman–Crippen MR) is 70.4 cm³/mol. The van der Waals surface area contributed by atoms with Crippen LogP contribution in [0, 0.1) is 0 Å². The molecule has 0 saturated heterocycles. The van der Waals surface area contributed by atoms with E-state index < -0.39 is 0 Å². The Labute approximate surface area is 104 Å². The lowest BCUT2D eigenvalue weighted by Crippen LogP contribution is -2.30. The molecule has 1 heterocycles. The highest BCUT2D eigenvalue weighted by atomic mass is 16.5. The molecule has 2 atom stereocenters. The lowest BCUT2D eigenvalue weighted by atomic mass is 10.0. The first-order chi connectivity index (χ1) is 8.16. The third-order valence-electron chi connectivity index (χ3n) is 3.30. The summed E-state index contributed by atoms with van der Waals surface area (Å²) in [7, 11) is 2.16. The highest BCUT2D eigenvalue weighted by molar-refractivity contribution is 5.39. The Morgan fingerprint density at radius 3 is 3.00 bits per heavy atom. The lowest BCUT2D eigenvalue weighted by Gasteiger charge is -2.21. The molecule has 1 aliphatic rings. The molecular formula is C14H22N2O. The number of hydrogen-bond donors (Lipinski definition) is 1. The summed E-state index contributed by atoms with van der Waals surface area (Å²) in [6.45, 7) is 4.96. The monoisotopic (exact) mass is 234 g/mol. The Bertz CT molecular complexity index is 365. The van der Waals surface area contributed by atoms with Crippen LogP contribution in [0.2, 0.25) is 0 Å². The normalized spacial score (nSPS) is 20.1. The third kappa shape index (κ3) is 3.20. The van der Waals surface area contributed by atoms with Gasteiger partial charge in [0.25, 0.3) is 0 Å². The summed E-state index contributed by atoms with van der Waals surface area (Å²) < 4.78 is 5.69. The number of benzene rings is 1. The van der Waals surface area contributed by atoms with Gasteiger partial charge in [0, 0.05) is 24.1 Å². The molecule has 2 rings (SSSR count). The molecule has 3 nitrogen and oxygen atoms in total. The minimum Gasteiger partial charge on any atom is -0.493 e. The van der Waals surface area contributed by atoms with Gasteiger partial charge in [0.05, 0.1) is 6.61 Å². The molecule has 0 fully saturated rings. The summed E-state index contributed by atoms with van der Waals surface area (Å²) in [6, 6.07) is 8.62. The van der Waals surface area contributed by atoms with E-state index in [-0.39, 0.29) is 6.04 Å². The number of likely N-dealkylation sites (N-methyl/N-ethyl adjacent to an activating group) is 1. The largest absolute Gasteiger partial charge is 0.493 e. The second-order valence-electron chi connectivity index (χ2n) is 5.07. The van der Waals surface area contributed by atoms with E-state index >= 15 is 0 Å². The summed E-state index contributed by atoms with van der Waals surface area (Å²) in [5.74, 6) is 1.56. The molecule has 2 N–H and O–H groups in total. The number of hydrogen-bond acceptors (Lipinski definition) is 3. The van der Waals surface area contributed by atoms with Crippen molar-refractivity contribution >= 4 is 0 Å². The van der Waals surface area contributed by atoms with Gasteiger partial charge in [0.1, 0.15) is 5.75 Å². The molecule has 1 aromatic rings. The zero-order chi connectivity index (χ0) is 12.3. The van der Waals surface area contributed by atoms with Crippen LogP contribution in [-0.4, -0.2) is 37.7 Å². The summed E-state index contributed by atoms with van der Waals surface area (Å²) in [5.41, 5.74) is 7.12. The van der Waals surface area contributed by atoms with Crippen LogP contribution in [0.25, 0.3) is 0 Å². The molecule has 3 heteroatoms. The number of nitrogens with two attached hydrogens (primary N) is 1. The SMILES string of the molecule is CC(N)CCN(C)CC1COc2ccccc21. The Hall–Kier alpha value is -1.06. The van der Waals surface area contributed by atoms with Gasteiger partial charge in [-0.3, -0.25) is 0 Å². The van der Waals surface area contributed by atoms with Crippen molar-refractivity contribution in [2.24, 2.45) is 5.73 Å². The Morgan fingerprint density at radius 2 is 2.24 bits per heavy atom. The molecule has 94 valence electrons. The van der Waals surface area contributed by atoms with E-state index in [2.05, 4.69) is 37.1 Å². The van der Waals surface area contributed by atoms with Crippen LogP contribution >= 0.6 is 0 Å². The number of fused-ring (bicyclic) bond motifs is 1. The van der Waals surface area contributed by atoms with Crippen LogP contribution in [-0.2, 0) is 0 Å². The van der Waals surface area contributed by atoms with Crippen LogP contribution in [0.1, 0.15) is 24.8 Å². The van der Waals surface area contributed by atoms with Gasteiger partial charge in [0.2, 0.25) is 0 Å². The van der Waals surface area contributed by atoms with E-state index in [0.717, 1.165) is 31.9 Å². The molecular weight excluding hydrogens is 212 g/mol. The Morgan fingerprint density at radius 1 is 1.47 bits per heavy atom. The van der Waals surface area contributed by atoms with Crippen LogP contribution in [0.3, 0.4) is 0 Å². The standard InChI is InChI=1S/C14H22N2O/c1-11(15)7-8-16(2)9-12-10-17-14-6-4-3-5-13(12)14/h3-6,11-12H,7-10,15H2,1-2H3. The zero-order valence-corrected chi connectivity index (χ0v) is 10.7. The fourth-order valence-electron chi connectivity index (χ4n) is 2.27. The highest BCUT2D eigenvalue weighted by Crippen LogP contribution is 2.33. The van der Waals surface area contributed by atoms with E-state index in [1.165, 1.54) is 5.56 Å². The van der Waals surface area contributed by atoms with Gasteiger partial charge in [-0.25, -0.2) is 0 Å². The van der Waals surface area contributed by atoms with Gasteiger partial charge in [-0.05, 0) is 33.0 Å². The minimum absolute atomic E-state index is 0.282. The van der Waals surface area contributed by atoms with Gasteiger partial charge in [0.15, 0.2) is 0 Å². The van der Waals surface area contributed by atoms with E-state index in [1.807, 2.05) is 6.07 Å². The average Bonchev–Trinajstić information content (AvgIpc) is 2.70. The highest BCUT2D eigenvalue weighted by Gasteiger charge is 2.24. The summed E-state index contributed by atoms with van der Waals surface area (Å²) in [5, 5.41) is 0. The van der Waals surface area contributed by atoms with Crippen molar-refractivity contribution in [2.45, 2.75) is 25.3 Å². The summed E-state index contributed by atoms with van der Waals surface area (Å²) >= 11 is 0. The van der Waals surface area contributed by atoms with Crippen molar-refractivity contribution in [3.8, 4) is 5.75 Å². The van der Waals surface area contributed by atoms with Crippen molar-refractivity contribution in [1.82, 2.24) is 4.90 Å². The maximum atomic E-state index is 5.77. The predicted octanol–water partition coefficient (Wildman–Crippen LogP) is 1.83. The fourth-order valence-corrected chi connectivity index (χ4v) is 2.27. The number of nitrogens with zero attached hydrogens (tertiary/aromatic N) is 1. The van der Waals surface area contributed by atoms with Crippen LogP contribution < -0.4 is 10.5 Å². The van der Waals surface area contributed by atoms with Gasteiger partial charge < -0.3 is 15.4 Å². The molecule has 0 aromatic heterocycles. The van der Waals surface area contributed by atoms with Crippen molar-refractivity contribution in [1.29, 1.82) is 0 Å². The van der Waals surface area contributed by atoms with Crippen molar-refractivity contribution < 1.29 is 4.74 Å². The molecule has 0 saturated carbocycles. The number of ether oxygens (including phenoxy) is 1. The van der Waals surface area contributed by atoms with Crippen LogP contribution in [0.5, 0.6) is 5.75 Å². The maximum absolute atomic E-state index is 5.77. The molecule has 1 aliphatic heterocycles. The van der Waals surface area contributed by atoms with Gasteiger partial charge in [-0.2, -0.15) is 0 Å². The molecule has 0 bridgehead atoms. The lowest BCUT2D eigenvalue weighted by molar-refractivity contribution is 0.261. The third-order valence-corrected chi connectivity index (χ3v) is 3.30. The molecule has 0 spiro atoms. The second kappa shape index (κ2) is 5.52. The first-order valence-corrected chi connectivity index (χ1v) is 6.32. The van der Waals surface area contributed by atoms with Crippen molar-refractivity contribution in [2.75, 3.05) is 26.7 Å². The first kappa shape index (κ1) is 12.4. The second-order valence-corrected chi connectivity index (χ2v) is 5.07. The van der Waals surface area contributed by atoms with Crippen LogP contribution in [0.15, 0.2) is 24.3 Å². The number of rotatable bonds is 5. The van der Waals surface area contributed by atoms with Gasteiger partial charge in [-0.1, -0.05) is 18.2 Å². The van der Waals surface area contributed by atoms with E-state index in [9.17, 15) is 0 Å².